The first-order valence-electron chi connectivity index (χ1n) is 9.94. The molecule has 0 saturated carbocycles. The third kappa shape index (κ3) is 7.06. The zero-order valence-electron chi connectivity index (χ0n) is 17.9. The van der Waals surface area contributed by atoms with E-state index in [1.54, 1.807) is 6.92 Å². The molecule has 0 saturated heterocycles. The molecule has 0 fully saturated rings. The van der Waals surface area contributed by atoms with Crippen molar-refractivity contribution in [3.05, 3.63) is 72.0 Å². The average Bonchev–Trinajstić information content (AvgIpc) is 2.75. The average molecular weight is 417 g/mol. The number of aliphatic hydroxyl groups is 3. The van der Waals surface area contributed by atoms with E-state index in [0.29, 0.717) is 17.3 Å². The second kappa shape index (κ2) is 11.0. The van der Waals surface area contributed by atoms with Crippen LogP contribution in [0.15, 0.2) is 60.9 Å². The van der Waals surface area contributed by atoms with Gasteiger partial charge in [-0.3, -0.25) is 0 Å². The fourth-order valence-corrected chi connectivity index (χ4v) is 2.83. The summed E-state index contributed by atoms with van der Waals surface area (Å²) in [5, 5.41) is 28.1. The summed E-state index contributed by atoms with van der Waals surface area (Å²) in [5.41, 5.74) is 1.99. The molecule has 0 aliphatic heterocycles. The van der Waals surface area contributed by atoms with Crippen LogP contribution in [-0.4, -0.2) is 54.0 Å². The standard InChI is InChI=1S/C24H32O6/c1-17(2)28-15-21(27)16-30-23-11-7-19(8-12-23)24(3,4)18-5-9-22(10-6-18)29-14-20(26)13-25/h5-12,20-21,25-27H,1,13-16H2,2-4H3. The summed E-state index contributed by atoms with van der Waals surface area (Å²) in [6.07, 6.45) is -1.61. The van der Waals surface area contributed by atoms with Gasteiger partial charge < -0.3 is 29.5 Å². The number of benzene rings is 2. The van der Waals surface area contributed by atoms with Gasteiger partial charge in [0, 0.05) is 5.41 Å². The van der Waals surface area contributed by atoms with Crippen molar-refractivity contribution < 1.29 is 29.5 Å². The lowest BCUT2D eigenvalue weighted by molar-refractivity contribution is 0.0384. The lowest BCUT2D eigenvalue weighted by Crippen LogP contribution is -2.23. The van der Waals surface area contributed by atoms with Crippen LogP contribution in [0, 0.1) is 0 Å². The first kappa shape index (κ1) is 23.7. The van der Waals surface area contributed by atoms with Crippen LogP contribution in [0.4, 0.5) is 0 Å². The molecule has 0 amide bonds. The monoisotopic (exact) mass is 416 g/mol. The van der Waals surface area contributed by atoms with Crippen LogP contribution in [0.2, 0.25) is 0 Å². The molecule has 2 aromatic rings. The summed E-state index contributed by atoms with van der Waals surface area (Å²) in [6, 6.07) is 15.5. The van der Waals surface area contributed by atoms with Crippen LogP contribution in [-0.2, 0) is 10.2 Å². The van der Waals surface area contributed by atoms with E-state index < -0.39 is 12.2 Å². The first-order chi connectivity index (χ1) is 14.2. The van der Waals surface area contributed by atoms with Gasteiger partial charge in [0.15, 0.2) is 0 Å². The van der Waals surface area contributed by atoms with Crippen molar-refractivity contribution in [2.24, 2.45) is 0 Å². The highest BCUT2D eigenvalue weighted by Crippen LogP contribution is 2.33. The van der Waals surface area contributed by atoms with Crippen molar-refractivity contribution in [1.82, 2.24) is 0 Å². The van der Waals surface area contributed by atoms with Gasteiger partial charge in [0.2, 0.25) is 0 Å². The zero-order chi connectivity index (χ0) is 22.1. The highest BCUT2D eigenvalue weighted by atomic mass is 16.5. The molecular formula is C24H32O6. The minimum atomic E-state index is -0.887. The fourth-order valence-electron chi connectivity index (χ4n) is 2.83. The second-order valence-corrected chi connectivity index (χ2v) is 7.80. The van der Waals surface area contributed by atoms with E-state index in [1.807, 2.05) is 48.5 Å². The van der Waals surface area contributed by atoms with Gasteiger partial charge in [-0.2, -0.15) is 0 Å². The number of rotatable bonds is 12. The molecule has 2 atom stereocenters. The lowest BCUT2D eigenvalue weighted by atomic mass is 9.78. The molecule has 164 valence electrons. The quantitative estimate of drug-likeness (QED) is 0.461. The Hall–Kier alpha value is -2.54. The Morgan fingerprint density at radius 2 is 1.27 bits per heavy atom. The second-order valence-electron chi connectivity index (χ2n) is 7.80. The topological polar surface area (TPSA) is 88.4 Å². The first-order valence-corrected chi connectivity index (χ1v) is 9.94. The highest BCUT2D eigenvalue weighted by Gasteiger charge is 2.23. The molecule has 0 heterocycles. The maximum Gasteiger partial charge on any atom is 0.122 e. The Morgan fingerprint density at radius 1 is 0.833 bits per heavy atom. The summed E-state index contributed by atoms with van der Waals surface area (Å²) in [7, 11) is 0. The molecule has 0 bridgehead atoms. The van der Waals surface area contributed by atoms with Gasteiger partial charge >= 0.3 is 0 Å². The van der Waals surface area contributed by atoms with Crippen LogP contribution in [0.25, 0.3) is 0 Å². The Bertz CT molecular complexity index is 782. The van der Waals surface area contributed by atoms with Crippen molar-refractivity contribution in [1.29, 1.82) is 0 Å². The molecule has 30 heavy (non-hydrogen) atoms. The number of hydrogen-bond acceptors (Lipinski definition) is 6. The van der Waals surface area contributed by atoms with E-state index in [2.05, 4.69) is 20.4 Å². The normalized spacial score (nSPS) is 13.4. The van der Waals surface area contributed by atoms with Crippen LogP contribution < -0.4 is 9.47 Å². The van der Waals surface area contributed by atoms with Gasteiger partial charge in [-0.05, 0) is 42.3 Å². The summed E-state index contributed by atoms with van der Waals surface area (Å²) < 4.78 is 16.3. The molecule has 2 aromatic carbocycles. The lowest BCUT2D eigenvalue weighted by Gasteiger charge is -2.26. The fraction of sp³-hybridized carbons (Fsp3) is 0.417. The van der Waals surface area contributed by atoms with E-state index in [0.717, 1.165) is 11.1 Å². The van der Waals surface area contributed by atoms with Gasteiger partial charge in [-0.15, -0.1) is 0 Å². The summed E-state index contributed by atoms with van der Waals surface area (Å²) in [4.78, 5) is 0. The number of hydrogen-bond donors (Lipinski definition) is 3. The van der Waals surface area contributed by atoms with E-state index in [-0.39, 0.29) is 31.8 Å². The zero-order valence-corrected chi connectivity index (χ0v) is 17.9. The number of ether oxygens (including phenoxy) is 3. The van der Waals surface area contributed by atoms with Crippen LogP contribution >= 0.6 is 0 Å². The van der Waals surface area contributed by atoms with Crippen molar-refractivity contribution >= 4 is 0 Å². The maximum absolute atomic E-state index is 9.87. The van der Waals surface area contributed by atoms with Gasteiger partial charge in [0.25, 0.3) is 0 Å². The SMILES string of the molecule is C=C(C)OCC(O)COc1ccc(C(C)(C)c2ccc(OCC(O)CO)cc2)cc1. The van der Waals surface area contributed by atoms with Gasteiger partial charge in [-0.1, -0.05) is 44.7 Å². The smallest absolute Gasteiger partial charge is 0.122 e. The minimum Gasteiger partial charge on any atom is -0.496 e. The van der Waals surface area contributed by atoms with Gasteiger partial charge in [0.1, 0.15) is 43.5 Å². The third-order valence-electron chi connectivity index (χ3n) is 4.77. The predicted molar refractivity (Wildman–Crippen MR) is 116 cm³/mol. The molecule has 0 aliphatic carbocycles. The molecule has 3 N–H and O–H groups in total. The maximum atomic E-state index is 9.87. The molecule has 6 nitrogen and oxygen atoms in total. The summed E-state index contributed by atoms with van der Waals surface area (Å²) in [5.74, 6) is 1.87. The molecule has 0 spiro atoms. The molecule has 2 rings (SSSR count). The van der Waals surface area contributed by atoms with Crippen molar-refractivity contribution in [3.8, 4) is 11.5 Å². The number of allylic oxidation sites excluding steroid dienone is 1. The summed E-state index contributed by atoms with van der Waals surface area (Å²) in [6.45, 7) is 9.64. The largest absolute Gasteiger partial charge is 0.496 e. The third-order valence-corrected chi connectivity index (χ3v) is 4.77. The predicted octanol–water partition coefficient (Wildman–Crippen LogP) is 3.03. The van der Waals surface area contributed by atoms with Crippen LogP contribution in [0.1, 0.15) is 31.9 Å². The Morgan fingerprint density at radius 3 is 1.67 bits per heavy atom. The minimum absolute atomic E-state index is 0.0503. The highest BCUT2D eigenvalue weighted by molar-refractivity contribution is 5.41. The Kier molecular flexibility index (Phi) is 8.72. The molecule has 0 radical (unpaired) electrons. The van der Waals surface area contributed by atoms with Crippen molar-refractivity contribution in [2.45, 2.75) is 38.4 Å². The molecule has 0 aliphatic rings. The Balaban J connectivity index is 1.96. The molecular weight excluding hydrogens is 384 g/mol. The van der Waals surface area contributed by atoms with Crippen molar-refractivity contribution in [2.75, 3.05) is 26.4 Å². The van der Waals surface area contributed by atoms with E-state index in [1.165, 1.54) is 0 Å². The molecule has 6 heteroatoms. The van der Waals surface area contributed by atoms with Crippen LogP contribution in [0.5, 0.6) is 11.5 Å². The van der Waals surface area contributed by atoms with E-state index in [4.69, 9.17) is 19.3 Å². The Labute approximate surface area is 178 Å². The van der Waals surface area contributed by atoms with Crippen molar-refractivity contribution in [3.63, 3.8) is 0 Å². The van der Waals surface area contributed by atoms with Gasteiger partial charge in [-0.25, -0.2) is 0 Å². The molecule has 2 unspecified atom stereocenters. The number of aliphatic hydroxyl groups excluding tert-OH is 3. The van der Waals surface area contributed by atoms with Gasteiger partial charge in [0.05, 0.1) is 12.4 Å². The van der Waals surface area contributed by atoms with E-state index >= 15 is 0 Å². The van der Waals surface area contributed by atoms with Crippen LogP contribution in [0.3, 0.4) is 0 Å². The summed E-state index contributed by atoms with van der Waals surface area (Å²) >= 11 is 0. The van der Waals surface area contributed by atoms with E-state index in [9.17, 15) is 10.2 Å². The molecule has 0 aromatic heterocycles.